The van der Waals surface area contributed by atoms with Gasteiger partial charge in [0.25, 0.3) is 5.69 Å². The molecule has 2 saturated heterocycles. The summed E-state index contributed by atoms with van der Waals surface area (Å²) < 4.78 is 27.4. The lowest BCUT2D eigenvalue weighted by Crippen LogP contribution is -2.32. The molecule has 1 aromatic rings. The van der Waals surface area contributed by atoms with E-state index in [9.17, 15) is 18.5 Å². The molecule has 0 radical (unpaired) electrons. The molecule has 7 nitrogen and oxygen atoms in total. The Morgan fingerprint density at radius 3 is 2.09 bits per heavy atom. The van der Waals surface area contributed by atoms with Crippen LogP contribution in [0.3, 0.4) is 0 Å². The number of benzene rings is 1. The molecule has 0 spiro atoms. The zero-order chi connectivity index (χ0) is 16.1. The van der Waals surface area contributed by atoms with Gasteiger partial charge in [0, 0.05) is 25.2 Å². The van der Waals surface area contributed by atoms with E-state index in [4.69, 9.17) is 0 Å². The number of nitro benzene ring substituents is 1. The molecule has 2 heterocycles. The van der Waals surface area contributed by atoms with Crippen LogP contribution in [0.5, 0.6) is 0 Å². The summed E-state index contributed by atoms with van der Waals surface area (Å²) in [6, 6.07) is 2.66. The third-order valence-corrected chi connectivity index (χ3v) is 6.75. The van der Waals surface area contributed by atoms with Gasteiger partial charge in [0.05, 0.1) is 9.82 Å². The first-order valence-electron chi connectivity index (χ1n) is 7.27. The number of halogens is 1. The van der Waals surface area contributed by atoms with Gasteiger partial charge in [0.15, 0.2) is 0 Å². The second kappa shape index (κ2) is 6.35. The van der Waals surface area contributed by atoms with Crippen molar-refractivity contribution in [2.24, 2.45) is 11.8 Å². The zero-order valence-corrected chi connectivity index (χ0v) is 14.6. The summed E-state index contributed by atoms with van der Waals surface area (Å²) in [7, 11) is -3.60. The number of hydrogen-bond acceptors (Lipinski definition) is 5. The summed E-state index contributed by atoms with van der Waals surface area (Å²) in [5, 5.41) is 14.2. The Balaban J connectivity index is 0.00000192. The van der Waals surface area contributed by atoms with Gasteiger partial charge in [-0.2, -0.15) is 4.31 Å². The van der Waals surface area contributed by atoms with Crippen LogP contribution in [-0.2, 0) is 10.0 Å². The van der Waals surface area contributed by atoms with Crippen LogP contribution in [0.25, 0.3) is 0 Å². The standard InChI is InChI=1S/C14H19N3O4S.ClH/c1-9-3-13(17(18)19)4-10(2)14(9)22(20,21)16-7-11-5-15-6-12(11)8-16;/h3-4,11-12,15H,5-8H2,1-2H3;1H/t11-,12+;. The predicted molar refractivity (Wildman–Crippen MR) is 88.4 cm³/mol. The van der Waals surface area contributed by atoms with E-state index in [1.807, 2.05) is 0 Å². The first-order chi connectivity index (χ1) is 10.3. The SMILES string of the molecule is Cc1cc([N+](=O)[O-])cc(C)c1S(=O)(=O)N1C[C@H]2CNC[C@H]2C1.Cl. The van der Waals surface area contributed by atoms with Crippen molar-refractivity contribution in [3.63, 3.8) is 0 Å². The molecule has 23 heavy (non-hydrogen) atoms. The molecule has 3 rings (SSSR count). The van der Waals surface area contributed by atoms with Crippen molar-refractivity contribution in [1.29, 1.82) is 0 Å². The van der Waals surface area contributed by atoms with E-state index in [-0.39, 0.29) is 23.0 Å². The third kappa shape index (κ3) is 3.08. The largest absolute Gasteiger partial charge is 0.316 e. The summed E-state index contributed by atoms with van der Waals surface area (Å²) in [4.78, 5) is 10.6. The van der Waals surface area contributed by atoms with Crippen LogP contribution in [-0.4, -0.2) is 43.8 Å². The number of aryl methyl sites for hydroxylation is 2. The Morgan fingerprint density at radius 1 is 1.17 bits per heavy atom. The molecule has 9 heteroatoms. The van der Waals surface area contributed by atoms with E-state index >= 15 is 0 Å². The number of nitrogens with one attached hydrogen (secondary N) is 1. The lowest BCUT2D eigenvalue weighted by molar-refractivity contribution is -0.385. The van der Waals surface area contributed by atoms with E-state index in [0.29, 0.717) is 36.1 Å². The number of nitro groups is 1. The molecule has 0 bridgehead atoms. The molecule has 0 unspecified atom stereocenters. The predicted octanol–water partition coefficient (Wildman–Crippen LogP) is 1.47. The van der Waals surface area contributed by atoms with Gasteiger partial charge >= 0.3 is 0 Å². The Morgan fingerprint density at radius 2 is 1.65 bits per heavy atom. The van der Waals surface area contributed by atoms with E-state index in [1.54, 1.807) is 13.8 Å². The Bertz CT molecular complexity index is 703. The molecule has 128 valence electrons. The quantitative estimate of drug-likeness (QED) is 0.650. The Hall–Kier alpha value is -1.22. The van der Waals surface area contributed by atoms with Gasteiger partial charge in [0.2, 0.25) is 10.0 Å². The minimum Gasteiger partial charge on any atom is -0.316 e. The summed E-state index contributed by atoms with van der Waals surface area (Å²) in [5.41, 5.74) is 0.792. The highest BCUT2D eigenvalue weighted by molar-refractivity contribution is 7.89. The van der Waals surface area contributed by atoms with E-state index < -0.39 is 14.9 Å². The molecule has 2 atom stereocenters. The van der Waals surface area contributed by atoms with Crippen LogP contribution in [0, 0.1) is 35.8 Å². The van der Waals surface area contributed by atoms with Crippen LogP contribution in [0.4, 0.5) is 5.69 Å². The average molecular weight is 362 g/mol. The molecule has 2 aliphatic heterocycles. The van der Waals surface area contributed by atoms with Crippen LogP contribution in [0.15, 0.2) is 17.0 Å². The van der Waals surface area contributed by atoms with Gasteiger partial charge in [-0.25, -0.2) is 8.42 Å². The normalized spacial score (nSPS) is 24.3. The van der Waals surface area contributed by atoms with Gasteiger partial charge in [-0.15, -0.1) is 12.4 Å². The van der Waals surface area contributed by atoms with Crippen LogP contribution >= 0.6 is 12.4 Å². The lowest BCUT2D eigenvalue weighted by atomic mass is 10.0. The van der Waals surface area contributed by atoms with Crippen molar-refractivity contribution in [1.82, 2.24) is 9.62 Å². The maximum atomic E-state index is 12.9. The van der Waals surface area contributed by atoms with E-state index in [1.165, 1.54) is 16.4 Å². The van der Waals surface area contributed by atoms with Crippen LogP contribution in [0.2, 0.25) is 0 Å². The van der Waals surface area contributed by atoms with Crippen LogP contribution < -0.4 is 5.32 Å². The number of non-ortho nitro benzene ring substituents is 1. The third-order valence-electron chi connectivity index (χ3n) is 4.61. The molecule has 0 saturated carbocycles. The summed E-state index contributed by atoms with van der Waals surface area (Å²) in [6.45, 7) is 5.99. The maximum Gasteiger partial charge on any atom is 0.270 e. The van der Waals surface area contributed by atoms with Gasteiger partial charge in [-0.1, -0.05) is 0 Å². The summed E-state index contributed by atoms with van der Waals surface area (Å²) in [6.07, 6.45) is 0. The fourth-order valence-electron chi connectivity index (χ4n) is 3.58. The monoisotopic (exact) mass is 361 g/mol. The Kier molecular flexibility index (Phi) is 5.00. The highest BCUT2D eigenvalue weighted by atomic mass is 35.5. The van der Waals surface area contributed by atoms with Crippen LogP contribution in [0.1, 0.15) is 11.1 Å². The van der Waals surface area contributed by atoms with Gasteiger partial charge in [-0.05, 0) is 49.9 Å². The van der Waals surface area contributed by atoms with Crippen molar-refractivity contribution in [2.75, 3.05) is 26.2 Å². The number of fused-ring (bicyclic) bond motifs is 1. The molecule has 0 amide bonds. The second-order valence-corrected chi connectivity index (χ2v) is 8.04. The first-order valence-corrected chi connectivity index (χ1v) is 8.71. The Labute approximate surface area is 141 Å². The fourth-order valence-corrected chi connectivity index (χ4v) is 5.54. The smallest absolute Gasteiger partial charge is 0.270 e. The molecule has 2 aliphatic rings. The highest BCUT2D eigenvalue weighted by Crippen LogP contribution is 2.34. The summed E-state index contributed by atoms with van der Waals surface area (Å²) >= 11 is 0. The van der Waals surface area contributed by atoms with Crippen molar-refractivity contribution < 1.29 is 13.3 Å². The van der Waals surface area contributed by atoms with Crippen molar-refractivity contribution in [3.8, 4) is 0 Å². The van der Waals surface area contributed by atoms with Crippen molar-refractivity contribution >= 4 is 28.1 Å². The van der Waals surface area contributed by atoms with Gasteiger partial charge in [0.1, 0.15) is 0 Å². The van der Waals surface area contributed by atoms with E-state index in [2.05, 4.69) is 5.32 Å². The fraction of sp³-hybridized carbons (Fsp3) is 0.571. The lowest BCUT2D eigenvalue weighted by Gasteiger charge is -2.20. The number of hydrogen-bond donors (Lipinski definition) is 1. The van der Waals surface area contributed by atoms with E-state index in [0.717, 1.165) is 13.1 Å². The summed E-state index contributed by atoms with van der Waals surface area (Å²) in [5.74, 6) is 0.738. The minimum absolute atomic E-state index is 0. The number of sulfonamides is 1. The highest BCUT2D eigenvalue weighted by Gasteiger charge is 2.42. The maximum absolute atomic E-state index is 12.9. The molecule has 0 aromatic heterocycles. The van der Waals surface area contributed by atoms with Crippen molar-refractivity contribution in [3.05, 3.63) is 33.4 Å². The average Bonchev–Trinajstić information content (AvgIpc) is 2.97. The molecule has 1 N–H and O–H groups in total. The number of rotatable bonds is 3. The second-order valence-electron chi connectivity index (χ2n) is 6.17. The minimum atomic E-state index is -3.60. The zero-order valence-electron chi connectivity index (χ0n) is 13.0. The van der Waals surface area contributed by atoms with Crippen molar-refractivity contribution in [2.45, 2.75) is 18.7 Å². The molecule has 0 aliphatic carbocycles. The molecular weight excluding hydrogens is 342 g/mol. The molecule has 1 aromatic carbocycles. The van der Waals surface area contributed by atoms with Gasteiger partial charge < -0.3 is 5.32 Å². The number of nitrogens with zero attached hydrogens (tertiary/aromatic N) is 2. The molecule has 2 fully saturated rings. The first kappa shape index (κ1) is 18.1. The van der Waals surface area contributed by atoms with Gasteiger partial charge in [-0.3, -0.25) is 10.1 Å². The molecular formula is C14H20ClN3O4S. The topological polar surface area (TPSA) is 92.5 Å².